The summed E-state index contributed by atoms with van der Waals surface area (Å²) in [5, 5.41) is -0.494. The van der Waals surface area contributed by atoms with Gasteiger partial charge in [0.05, 0.1) is 6.04 Å². The first-order valence-electron chi connectivity index (χ1n) is 7.63. The molecule has 0 N–H and O–H groups in total. The molecule has 0 bridgehead atoms. The number of benzene rings is 2. The largest absolute Gasteiger partial charge is 0.322 e. The van der Waals surface area contributed by atoms with E-state index in [2.05, 4.69) is 31.2 Å². The zero-order valence-electron chi connectivity index (χ0n) is 13.5. The number of halogens is 1. The average molecular weight is 327 g/mol. The molecular formula is C19H19ClN2O. The van der Waals surface area contributed by atoms with E-state index in [1.807, 2.05) is 38.1 Å². The standard InChI is InChI=1S/C19H19ClN2O/c1-12-4-8-15(9-5-12)17-18(16-10-6-13(2)7-11-16)22(19(20)23)14(3)21-17/h4-11,17-18H,1-3H3/t17-,18+/m1/s1. The van der Waals surface area contributed by atoms with Crippen LogP contribution in [-0.4, -0.2) is 16.1 Å². The third-order valence-electron chi connectivity index (χ3n) is 4.28. The van der Waals surface area contributed by atoms with Gasteiger partial charge in [0.25, 0.3) is 0 Å². The molecule has 1 aliphatic heterocycles. The molecule has 2 atom stereocenters. The summed E-state index contributed by atoms with van der Waals surface area (Å²) in [5.41, 5.74) is 4.50. The van der Waals surface area contributed by atoms with Crippen LogP contribution in [0.2, 0.25) is 0 Å². The number of rotatable bonds is 2. The molecule has 0 aromatic heterocycles. The Bertz CT molecular complexity index is 750. The van der Waals surface area contributed by atoms with Gasteiger partial charge in [0.1, 0.15) is 11.9 Å². The Kier molecular flexibility index (Phi) is 4.22. The summed E-state index contributed by atoms with van der Waals surface area (Å²) in [6.07, 6.45) is 0. The lowest BCUT2D eigenvalue weighted by atomic mass is 9.93. The van der Waals surface area contributed by atoms with Crippen molar-refractivity contribution in [2.75, 3.05) is 0 Å². The maximum atomic E-state index is 11.9. The Balaban J connectivity index is 2.07. The number of carbonyl (C=O) groups is 1. The van der Waals surface area contributed by atoms with Crippen molar-refractivity contribution >= 4 is 22.8 Å². The Morgan fingerprint density at radius 1 is 0.913 bits per heavy atom. The maximum Gasteiger partial charge on any atom is 0.322 e. The van der Waals surface area contributed by atoms with Crippen LogP contribution in [0.4, 0.5) is 4.79 Å². The SMILES string of the molecule is CC1=N[C@H](c2ccc(C)cc2)[C@H](c2ccc(C)cc2)N1C(=O)Cl. The third-order valence-corrected chi connectivity index (χ3v) is 4.46. The number of amides is 1. The monoisotopic (exact) mass is 326 g/mol. The Hall–Kier alpha value is -2.13. The van der Waals surface area contributed by atoms with E-state index in [4.69, 9.17) is 16.6 Å². The second-order valence-corrected chi connectivity index (χ2v) is 6.33. The van der Waals surface area contributed by atoms with Crippen molar-refractivity contribution in [1.82, 2.24) is 4.90 Å². The fourth-order valence-corrected chi connectivity index (χ4v) is 3.26. The van der Waals surface area contributed by atoms with Crippen LogP contribution in [0.1, 0.15) is 41.3 Å². The van der Waals surface area contributed by atoms with Gasteiger partial charge in [-0.05, 0) is 43.5 Å². The van der Waals surface area contributed by atoms with Crippen molar-refractivity contribution in [2.24, 2.45) is 4.99 Å². The van der Waals surface area contributed by atoms with Crippen molar-refractivity contribution < 1.29 is 4.79 Å². The summed E-state index contributed by atoms with van der Waals surface area (Å²) in [4.78, 5) is 18.2. The predicted octanol–water partition coefficient (Wildman–Crippen LogP) is 5.18. The van der Waals surface area contributed by atoms with Gasteiger partial charge in [-0.25, -0.2) is 0 Å². The number of amidine groups is 1. The molecule has 118 valence electrons. The average Bonchev–Trinajstić information content (AvgIpc) is 2.86. The van der Waals surface area contributed by atoms with Crippen molar-refractivity contribution in [3.63, 3.8) is 0 Å². The highest BCUT2D eigenvalue weighted by atomic mass is 35.5. The number of nitrogens with zero attached hydrogens (tertiary/aromatic N) is 2. The van der Waals surface area contributed by atoms with E-state index in [1.54, 1.807) is 4.90 Å². The third kappa shape index (κ3) is 3.02. The second kappa shape index (κ2) is 6.17. The molecule has 3 rings (SSSR count). The van der Waals surface area contributed by atoms with Gasteiger partial charge in [0.2, 0.25) is 0 Å². The van der Waals surface area contributed by atoms with Crippen molar-refractivity contribution in [3.05, 3.63) is 70.8 Å². The molecule has 2 aromatic carbocycles. The lowest BCUT2D eigenvalue weighted by Crippen LogP contribution is -2.32. The van der Waals surface area contributed by atoms with E-state index in [9.17, 15) is 4.79 Å². The van der Waals surface area contributed by atoms with Gasteiger partial charge in [-0.15, -0.1) is 0 Å². The molecule has 1 heterocycles. The molecule has 23 heavy (non-hydrogen) atoms. The molecule has 0 spiro atoms. The van der Waals surface area contributed by atoms with Crippen LogP contribution >= 0.6 is 11.6 Å². The Morgan fingerprint density at radius 3 is 1.87 bits per heavy atom. The van der Waals surface area contributed by atoms with E-state index < -0.39 is 5.37 Å². The first-order chi connectivity index (χ1) is 11.0. The van der Waals surface area contributed by atoms with Gasteiger partial charge in [0, 0.05) is 0 Å². The topological polar surface area (TPSA) is 32.7 Å². The lowest BCUT2D eigenvalue weighted by Gasteiger charge is -2.27. The van der Waals surface area contributed by atoms with Gasteiger partial charge in [-0.1, -0.05) is 59.7 Å². The van der Waals surface area contributed by atoms with Crippen molar-refractivity contribution in [3.8, 4) is 0 Å². The van der Waals surface area contributed by atoms with Crippen molar-refractivity contribution in [1.29, 1.82) is 0 Å². The number of aliphatic imine (C=N–C) groups is 1. The normalized spacial score (nSPS) is 20.5. The molecule has 3 nitrogen and oxygen atoms in total. The highest BCUT2D eigenvalue weighted by molar-refractivity contribution is 6.64. The molecule has 0 fully saturated rings. The summed E-state index contributed by atoms with van der Waals surface area (Å²) in [7, 11) is 0. The molecule has 2 aromatic rings. The number of aryl methyl sites for hydroxylation is 2. The summed E-state index contributed by atoms with van der Waals surface area (Å²) < 4.78 is 0. The van der Waals surface area contributed by atoms with Gasteiger partial charge < -0.3 is 0 Å². The van der Waals surface area contributed by atoms with Gasteiger partial charge in [0.15, 0.2) is 0 Å². The number of hydrogen-bond donors (Lipinski definition) is 0. The zero-order valence-corrected chi connectivity index (χ0v) is 14.2. The molecule has 1 aliphatic rings. The van der Waals surface area contributed by atoms with E-state index in [0.717, 1.165) is 11.1 Å². The van der Waals surface area contributed by atoms with Crippen LogP contribution in [0, 0.1) is 13.8 Å². The molecule has 0 saturated heterocycles. The highest BCUT2D eigenvalue weighted by Gasteiger charge is 2.39. The van der Waals surface area contributed by atoms with E-state index in [0.29, 0.717) is 5.84 Å². The van der Waals surface area contributed by atoms with Crippen LogP contribution in [0.15, 0.2) is 53.5 Å². The quantitative estimate of drug-likeness (QED) is 0.553. The summed E-state index contributed by atoms with van der Waals surface area (Å²) >= 11 is 5.84. The summed E-state index contributed by atoms with van der Waals surface area (Å²) in [5.74, 6) is 0.654. The fraction of sp³-hybridized carbons (Fsp3) is 0.263. The van der Waals surface area contributed by atoms with E-state index in [-0.39, 0.29) is 12.1 Å². The Labute approximate surface area is 141 Å². The predicted molar refractivity (Wildman–Crippen MR) is 94.0 cm³/mol. The van der Waals surface area contributed by atoms with Crippen LogP contribution in [-0.2, 0) is 0 Å². The maximum absolute atomic E-state index is 11.9. The smallest absolute Gasteiger partial charge is 0.277 e. The molecule has 1 amide bonds. The van der Waals surface area contributed by atoms with Crippen molar-refractivity contribution in [2.45, 2.75) is 32.9 Å². The molecule has 0 radical (unpaired) electrons. The minimum Gasteiger partial charge on any atom is -0.277 e. The highest BCUT2D eigenvalue weighted by Crippen LogP contribution is 2.42. The molecular weight excluding hydrogens is 308 g/mol. The lowest BCUT2D eigenvalue weighted by molar-refractivity contribution is 0.231. The summed E-state index contributed by atoms with van der Waals surface area (Å²) in [6, 6.07) is 16.1. The van der Waals surface area contributed by atoms with Gasteiger partial charge in [-0.3, -0.25) is 14.7 Å². The molecule has 4 heteroatoms. The van der Waals surface area contributed by atoms with Crippen LogP contribution in [0.5, 0.6) is 0 Å². The first kappa shape index (κ1) is 15.8. The fourth-order valence-electron chi connectivity index (χ4n) is 3.03. The van der Waals surface area contributed by atoms with Gasteiger partial charge >= 0.3 is 5.37 Å². The molecule has 0 aliphatic carbocycles. The number of hydrogen-bond acceptors (Lipinski definition) is 2. The Morgan fingerprint density at radius 2 is 1.39 bits per heavy atom. The number of carbonyl (C=O) groups excluding carboxylic acids is 1. The van der Waals surface area contributed by atoms with Crippen LogP contribution < -0.4 is 0 Å². The van der Waals surface area contributed by atoms with Crippen LogP contribution in [0.3, 0.4) is 0 Å². The zero-order chi connectivity index (χ0) is 16.6. The first-order valence-corrected chi connectivity index (χ1v) is 8.01. The minimum atomic E-state index is -0.494. The second-order valence-electron chi connectivity index (χ2n) is 6.01. The van der Waals surface area contributed by atoms with Gasteiger partial charge in [-0.2, -0.15) is 0 Å². The molecule has 0 unspecified atom stereocenters. The van der Waals surface area contributed by atoms with Crippen LogP contribution in [0.25, 0.3) is 0 Å². The summed E-state index contributed by atoms with van der Waals surface area (Å²) in [6.45, 7) is 5.93. The minimum absolute atomic E-state index is 0.138. The molecule has 0 saturated carbocycles. The van der Waals surface area contributed by atoms with E-state index in [1.165, 1.54) is 11.1 Å². The van der Waals surface area contributed by atoms with E-state index >= 15 is 0 Å².